The Morgan fingerprint density at radius 1 is 1.09 bits per heavy atom. The van der Waals surface area contributed by atoms with Crippen LogP contribution in [0, 0.1) is 19.7 Å². The number of phenolic OH excluding ortho intramolecular Hbond substituents is 1. The molecule has 0 saturated carbocycles. The van der Waals surface area contributed by atoms with Gasteiger partial charge in [-0.3, -0.25) is 9.88 Å². The molecular weight excluding hydrogens is 586 g/mol. The van der Waals surface area contributed by atoms with Gasteiger partial charge in [0.05, 0.1) is 27.3 Å². The number of hydrogen-bond acceptors (Lipinski definition) is 8. The predicted molar refractivity (Wildman–Crippen MR) is 167 cm³/mol. The number of alkyl halides is 1. The first-order chi connectivity index (χ1) is 21.2. The lowest BCUT2D eigenvalue weighted by atomic mass is 9.95. The van der Waals surface area contributed by atoms with E-state index >= 15 is 0 Å². The molecule has 2 unspecified atom stereocenters. The molecule has 0 aliphatic carbocycles. The number of fused-ring (bicyclic) bond motifs is 5. The van der Waals surface area contributed by atoms with Crippen LogP contribution in [0.3, 0.4) is 0 Å². The van der Waals surface area contributed by atoms with Crippen LogP contribution in [0.2, 0.25) is 5.02 Å². The van der Waals surface area contributed by atoms with Crippen LogP contribution in [0.15, 0.2) is 24.3 Å². The van der Waals surface area contributed by atoms with Gasteiger partial charge in [0, 0.05) is 43.7 Å². The van der Waals surface area contributed by atoms with E-state index in [1.165, 1.54) is 6.07 Å². The van der Waals surface area contributed by atoms with E-state index in [1.807, 2.05) is 6.92 Å². The van der Waals surface area contributed by atoms with Crippen molar-refractivity contribution in [3.63, 3.8) is 0 Å². The number of aromatic hydroxyl groups is 1. The average molecular weight is 621 g/mol. The third-order valence-electron chi connectivity index (χ3n) is 10.2. The number of hydrogen-bond donors (Lipinski definition) is 2. The fourth-order valence-electron chi connectivity index (χ4n) is 8.19. The molecule has 2 aromatic heterocycles. The molecule has 4 aliphatic heterocycles. The van der Waals surface area contributed by atoms with Gasteiger partial charge in [-0.15, -0.1) is 0 Å². The zero-order valence-electron chi connectivity index (χ0n) is 24.8. The molecular formula is C33H35ClF2N6O2. The number of aromatic nitrogens is 3. The summed E-state index contributed by atoms with van der Waals surface area (Å²) in [6, 6.07) is 7.15. The first kappa shape index (κ1) is 28.2. The van der Waals surface area contributed by atoms with Crippen LogP contribution in [0.25, 0.3) is 32.9 Å². The molecule has 4 saturated heterocycles. The van der Waals surface area contributed by atoms with Gasteiger partial charge in [-0.05, 0) is 80.6 Å². The van der Waals surface area contributed by atoms with Gasteiger partial charge in [0.25, 0.3) is 0 Å². The molecule has 4 aliphatic rings. The molecule has 2 aromatic carbocycles. The minimum absolute atomic E-state index is 0.0286. The lowest BCUT2D eigenvalue weighted by Crippen LogP contribution is -2.51. The van der Waals surface area contributed by atoms with Crippen molar-refractivity contribution in [3.05, 3.63) is 46.4 Å². The quantitative estimate of drug-likeness (QED) is 0.287. The minimum atomic E-state index is -0.862. The van der Waals surface area contributed by atoms with E-state index in [2.05, 4.69) is 15.1 Å². The highest BCUT2D eigenvalue weighted by atomic mass is 35.5. The SMILES string of the molecule is Cc1c(F)ccc2cc(O)cc(-c3nc(C)c4c(N5CC6CCC(C5)N6)nc(OC[C@@]56CCCN5C[C@H](F)C6)nc4c3Cl)c12. The Morgan fingerprint density at radius 2 is 1.89 bits per heavy atom. The van der Waals surface area contributed by atoms with Gasteiger partial charge in [0.15, 0.2) is 0 Å². The Balaban J connectivity index is 1.29. The Bertz CT molecular complexity index is 1810. The van der Waals surface area contributed by atoms with Crippen molar-refractivity contribution in [2.75, 3.05) is 37.7 Å². The van der Waals surface area contributed by atoms with Crippen LogP contribution >= 0.6 is 11.6 Å². The van der Waals surface area contributed by atoms with Crippen molar-refractivity contribution >= 4 is 39.1 Å². The zero-order chi connectivity index (χ0) is 30.3. The smallest absolute Gasteiger partial charge is 0.319 e. The standard InChI is InChI=1S/C33H35ClF2N6O2/c1-17-25(36)7-4-19-10-23(43)11-24(26(17)19)29-28(34)30-27(18(2)37-29)31(41-14-21-5-6-22(15-41)38-21)40-32(39-30)44-16-33-8-3-9-42(33)13-20(35)12-33/h4,7,10-11,20-22,38,43H,3,5-6,8-9,12-16H2,1-2H3/t20-,21?,22?,33+/m1/s1. The number of ether oxygens (including phenoxy) is 1. The highest BCUT2D eigenvalue weighted by Crippen LogP contribution is 2.44. The van der Waals surface area contributed by atoms with Crippen LogP contribution in [-0.2, 0) is 0 Å². The predicted octanol–water partition coefficient (Wildman–Crippen LogP) is 5.86. The molecule has 8 nitrogen and oxygen atoms in total. The summed E-state index contributed by atoms with van der Waals surface area (Å²) >= 11 is 7.21. The average Bonchev–Trinajstić information content (AvgIpc) is 3.65. The maximum absolute atomic E-state index is 14.8. The molecule has 4 atom stereocenters. The molecule has 11 heteroatoms. The number of aryl methyl sites for hydroxylation is 2. The third kappa shape index (κ3) is 4.48. The number of rotatable bonds is 5. The first-order valence-electron chi connectivity index (χ1n) is 15.5. The van der Waals surface area contributed by atoms with E-state index in [1.54, 1.807) is 25.1 Å². The summed E-state index contributed by atoms with van der Waals surface area (Å²) in [5.41, 5.74) is 2.18. The van der Waals surface area contributed by atoms with Gasteiger partial charge in [0.1, 0.15) is 35.7 Å². The summed E-state index contributed by atoms with van der Waals surface area (Å²) in [6.45, 7) is 6.80. The monoisotopic (exact) mass is 620 g/mol. The fraction of sp³-hybridized carbons (Fsp3) is 0.485. The normalized spacial score (nSPS) is 26.7. The highest BCUT2D eigenvalue weighted by molar-refractivity contribution is 6.38. The maximum Gasteiger partial charge on any atom is 0.319 e. The van der Waals surface area contributed by atoms with Gasteiger partial charge in [-0.25, -0.2) is 8.78 Å². The first-order valence-corrected chi connectivity index (χ1v) is 15.9. The number of benzene rings is 2. The van der Waals surface area contributed by atoms with Crippen molar-refractivity contribution in [2.45, 2.75) is 69.7 Å². The lowest BCUT2D eigenvalue weighted by molar-refractivity contribution is 0.107. The molecule has 2 bridgehead atoms. The van der Waals surface area contributed by atoms with Gasteiger partial charge >= 0.3 is 6.01 Å². The van der Waals surface area contributed by atoms with E-state index in [4.69, 9.17) is 31.3 Å². The second-order valence-electron chi connectivity index (χ2n) is 13.1. The number of phenols is 1. The van der Waals surface area contributed by atoms with Gasteiger partial charge in [-0.2, -0.15) is 9.97 Å². The fourth-order valence-corrected chi connectivity index (χ4v) is 8.47. The van der Waals surface area contributed by atoms with Gasteiger partial charge in [-0.1, -0.05) is 17.7 Å². The number of nitrogens with one attached hydrogen (secondary N) is 1. The van der Waals surface area contributed by atoms with Crippen LogP contribution in [0.5, 0.6) is 11.8 Å². The van der Waals surface area contributed by atoms with Crippen molar-refractivity contribution in [1.82, 2.24) is 25.2 Å². The zero-order valence-corrected chi connectivity index (χ0v) is 25.6. The molecule has 8 rings (SSSR count). The largest absolute Gasteiger partial charge is 0.508 e. The molecule has 4 aromatic rings. The van der Waals surface area contributed by atoms with Crippen LogP contribution in [0.4, 0.5) is 14.6 Å². The van der Waals surface area contributed by atoms with E-state index in [-0.39, 0.29) is 28.1 Å². The number of pyridine rings is 1. The number of anilines is 1. The van der Waals surface area contributed by atoms with Gasteiger partial charge < -0.3 is 20.1 Å². The van der Waals surface area contributed by atoms with Crippen molar-refractivity contribution < 1.29 is 18.6 Å². The van der Waals surface area contributed by atoms with Crippen LogP contribution in [-0.4, -0.2) is 81.5 Å². The van der Waals surface area contributed by atoms with Crippen molar-refractivity contribution in [1.29, 1.82) is 0 Å². The van der Waals surface area contributed by atoms with E-state index in [0.717, 1.165) is 56.5 Å². The Morgan fingerprint density at radius 3 is 2.68 bits per heavy atom. The Hall–Kier alpha value is -3.34. The molecule has 0 radical (unpaired) electrons. The van der Waals surface area contributed by atoms with Gasteiger partial charge in [0.2, 0.25) is 0 Å². The molecule has 0 spiro atoms. The van der Waals surface area contributed by atoms with E-state index in [0.29, 0.717) is 70.5 Å². The van der Waals surface area contributed by atoms with Crippen LogP contribution < -0.4 is 15.0 Å². The summed E-state index contributed by atoms with van der Waals surface area (Å²) in [7, 11) is 0. The Kier molecular flexibility index (Phi) is 6.63. The number of nitrogens with zero attached hydrogens (tertiary/aromatic N) is 5. The molecule has 44 heavy (non-hydrogen) atoms. The topological polar surface area (TPSA) is 86.6 Å². The molecule has 4 fully saturated rings. The summed E-state index contributed by atoms with van der Waals surface area (Å²) in [6.07, 6.45) is 3.70. The second kappa shape index (κ2) is 10.4. The highest BCUT2D eigenvalue weighted by Gasteiger charge is 2.49. The number of halogens is 3. The summed E-state index contributed by atoms with van der Waals surface area (Å²) in [5.74, 6) is 0.399. The van der Waals surface area contributed by atoms with Crippen molar-refractivity contribution in [2.24, 2.45) is 0 Å². The molecule has 2 N–H and O–H groups in total. The molecule has 0 amide bonds. The molecule has 230 valence electrons. The summed E-state index contributed by atoms with van der Waals surface area (Å²) in [5, 5.41) is 16.6. The van der Waals surface area contributed by atoms with Crippen molar-refractivity contribution in [3.8, 4) is 23.0 Å². The van der Waals surface area contributed by atoms with Crippen LogP contribution in [0.1, 0.15) is 43.4 Å². The summed E-state index contributed by atoms with van der Waals surface area (Å²) < 4.78 is 35.7. The number of piperazine rings is 1. The van der Waals surface area contributed by atoms with E-state index in [9.17, 15) is 13.9 Å². The lowest BCUT2D eigenvalue weighted by Gasteiger charge is -2.35. The minimum Gasteiger partial charge on any atom is -0.508 e. The third-order valence-corrected chi connectivity index (χ3v) is 10.6. The Labute approximate surface area is 259 Å². The van der Waals surface area contributed by atoms with E-state index < -0.39 is 6.17 Å². The summed E-state index contributed by atoms with van der Waals surface area (Å²) in [4.78, 5) is 19.3. The second-order valence-corrected chi connectivity index (χ2v) is 13.5. The maximum atomic E-state index is 14.8. The molecule has 6 heterocycles.